The zero-order chi connectivity index (χ0) is 20.8. The standard InChI is InChI=1S/C24H23N5O/c1-25-24(30)16-27-22-13-20(19-7-3-2-4-8-19)12-21(14-22)23-9-11-29(28-23)17-18-6-5-10-26-15-18/h2-15,27H,16-17H2,1H3,(H,25,30). The second-order valence-electron chi connectivity index (χ2n) is 6.95. The summed E-state index contributed by atoms with van der Waals surface area (Å²) in [6.07, 6.45) is 5.58. The summed E-state index contributed by atoms with van der Waals surface area (Å²) in [4.78, 5) is 15.8. The summed E-state index contributed by atoms with van der Waals surface area (Å²) in [5, 5.41) is 10.6. The van der Waals surface area contributed by atoms with Gasteiger partial charge in [-0.3, -0.25) is 14.5 Å². The van der Waals surface area contributed by atoms with E-state index in [0.717, 1.165) is 33.6 Å². The van der Waals surface area contributed by atoms with E-state index >= 15 is 0 Å². The van der Waals surface area contributed by atoms with Gasteiger partial charge in [-0.1, -0.05) is 36.4 Å². The first-order chi connectivity index (χ1) is 14.7. The van der Waals surface area contributed by atoms with Gasteiger partial charge in [-0.2, -0.15) is 5.10 Å². The molecular formula is C24H23N5O. The number of aromatic nitrogens is 3. The summed E-state index contributed by atoms with van der Waals surface area (Å²) in [7, 11) is 1.63. The van der Waals surface area contributed by atoms with Crippen LogP contribution in [0.4, 0.5) is 5.69 Å². The number of carbonyl (C=O) groups excluding carboxylic acids is 1. The van der Waals surface area contributed by atoms with Gasteiger partial charge in [-0.15, -0.1) is 0 Å². The Morgan fingerprint density at radius 1 is 0.967 bits per heavy atom. The monoisotopic (exact) mass is 397 g/mol. The Labute approximate surface area is 175 Å². The molecule has 2 aromatic heterocycles. The number of anilines is 1. The van der Waals surface area contributed by atoms with E-state index in [0.29, 0.717) is 6.54 Å². The maximum Gasteiger partial charge on any atom is 0.239 e. The molecule has 6 nitrogen and oxygen atoms in total. The van der Waals surface area contributed by atoms with Crippen LogP contribution >= 0.6 is 0 Å². The molecule has 0 aliphatic heterocycles. The number of amides is 1. The molecule has 0 saturated heterocycles. The van der Waals surface area contributed by atoms with Gasteiger partial charge in [0, 0.05) is 36.9 Å². The van der Waals surface area contributed by atoms with Crippen molar-refractivity contribution in [2.24, 2.45) is 0 Å². The van der Waals surface area contributed by atoms with E-state index in [9.17, 15) is 4.79 Å². The topological polar surface area (TPSA) is 71.8 Å². The van der Waals surface area contributed by atoms with Gasteiger partial charge in [0.15, 0.2) is 0 Å². The predicted octanol–water partition coefficient (Wildman–Crippen LogP) is 3.82. The zero-order valence-corrected chi connectivity index (χ0v) is 16.7. The van der Waals surface area contributed by atoms with E-state index in [-0.39, 0.29) is 12.5 Å². The van der Waals surface area contributed by atoms with E-state index in [1.807, 2.05) is 59.5 Å². The fourth-order valence-electron chi connectivity index (χ4n) is 3.23. The summed E-state index contributed by atoms with van der Waals surface area (Å²) in [6.45, 7) is 0.873. The molecule has 0 aliphatic carbocycles. The Morgan fingerprint density at radius 3 is 2.57 bits per heavy atom. The van der Waals surface area contributed by atoms with Crippen molar-refractivity contribution in [1.82, 2.24) is 20.1 Å². The van der Waals surface area contributed by atoms with Gasteiger partial charge >= 0.3 is 0 Å². The number of likely N-dealkylation sites (N-methyl/N-ethyl adjacent to an activating group) is 1. The fraction of sp³-hybridized carbons (Fsp3) is 0.125. The molecule has 2 N–H and O–H groups in total. The van der Waals surface area contributed by atoms with Crippen molar-refractivity contribution < 1.29 is 4.79 Å². The van der Waals surface area contributed by atoms with Gasteiger partial charge in [0.2, 0.25) is 5.91 Å². The molecule has 0 fully saturated rings. The van der Waals surface area contributed by atoms with Crippen LogP contribution in [0, 0.1) is 0 Å². The molecule has 0 saturated carbocycles. The van der Waals surface area contributed by atoms with Crippen LogP contribution in [0.25, 0.3) is 22.4 Å². The highest BCUT2D eigenvalue weighted by Gasteiger charge is 2.09. The Kier molecular flexibility index (Phi) is 5.85. The van der Waals surface area contributed by atoms with Crippen LogP contribution in [0.3, 0.4) is 0 Å². The van der Waals surface area contributed by atoms with Crippen molar-refractivity contribution in [3.63, 3.8) is 0 Å². The Balaban J connectivity index is 1.65. The minimum absolute atomic E-state index is 0.0672. The van der Waals surface area contributed by atoms with Gasteiger partial charge < -0.3 is 10.6 Å². The van der Waals surface area contributed by atoms with Gasteiger partial charge in [-0.05, 0) is 47.0 Å². The largest absolute Gasteiger partial charge is 0.376 e. The van der Waals surface area contributed by atoms with E-state index in [2.05, 4.69) is 39.9 Å². The number of nitrogens with zero attached hydrogens (tertiary/aromatic N) is 3. The van der Waals surface area contributed by atoms with E-state index in [1.165, 1.54) is 0 Å². The second-order valence-corrected chi connectivity index (χ2v) is 6.95. The average Bonchev–Trinajstić information content (AvgIpc) is 3.27. The smallest absolute Gasteiger partial charge is 0.239 e. The number of benzene rings is 2. The molecule has 4 aromatic rings. The molecule has 1 amide bonds. The van der Waals surface area contributed by atoms with Crippen LogP contribution in [0.15, 0.2) is 85.3 Å². The third-order valence-corrected chi connectivity index (χ3v) is 4.78. The van der Waals surface area contributed by atoms with Crippen LogP contribution in [-0.4, -0.2) is 34.3 Å². The molecule has 0 atom stereocenters. The van der Waals surface area contributed by atoms with E-state index in [4.69, 9.17) is 5.10 Å². The third kappa shape index (κ3) is 4.72. The lowest BCUT2D eigenvalue weighted by Gasteiger charge is -2.11. The van der Waals surface area contributed by atoms with Crippen molar-refractivity contribution in [2.75, 3.05) is 18.9 Å². The third-order valence-electron chi connectivity index (χ3n) is 4.78. The molecule has 0 unspecified atom stereocenters. The number of hydrogen-bond donors (Lipinski definition) is 2. The highest BCUT2D eigenvalue weighted by Crippen LogP contribution is 2.29. The first-order valence-electron chi connectivity index (χ1n) is 9.79. The van der Waals surface area contributed by atoms with Gasteiger partial charge in [0.25, 0.3) is 0 Å². The lowest BCUT2D eigenvalue weighted by atomic mass is 10.0. The number of carbonyl (C=O) groups is 1. The summed E-state index contributed by atoms with van der Waals surface area (Å²) in [5.41, 5.74) is 6.00. The zero-order valence-electron chi connectivity index (χ0n) is 16.7. The maximum absolute atomic E-state index is 11.7. The summed E-state index contributed by atoms with van der Waals surface area (Å²) in [5.74, 6) is -0.0672. The molecule has 2 heterocycles. The van der Waals surface area contributed by atoms with Crippen LogP contribution < -0.4 is 10.6 Å². The summed E-state index contributed by atoms with van der Waals surface area (Å²) >= 11 is 0. The molecule has 6 heteroatoms. The number of hydrogen-bond acceptors (Lipinski definition) is 4. The molecule has 0 aliphatic rings. The molecular weight excluding hydrogens is 374 g/mol. The minimum Gasteiger partial charge on any atom is -0.376 e. The lowest BCUT2D eigenvalue weighted by Crippen LogP contribution is -2.26. The maximum atomic E-state index is 11.7. The van der Waals surface area contributed by atoms with E-state index < -0.39 is 0 Å². The molecule has 0 radical (unpaired) electrons. The predicted molar refractivity (Wildman–Crippen MR) is 119 cm³/mol. The summed E-state index contributed by atoms with van der Waals surface area (Å²) < 4.78 is 1.90. The first kappa shape index (κ1) is 19.4. The van der Waals surface area contributed by atoms with Gasteiger partial charge in [0.1, 0.15) is 0 Å². The second kappa shape index (κ2) is 9.05. The Hall–Kier alpha value is -3.93. The molecule has 4 rings (SSSR count). The van der Waals surface area contributed by atoms with Crippen LogP contribution in [0.5, 0.6) is 0 Å². The first-order valence-corrected chi connectivity index (χ1v) is 9.79. The number of nitrogens with one attached hydrogen (secondary N) is 2. The molecule has 0 bridgehead atoms. The van der Waals surface area contributed by atoms with Gasteiger partial charge in [-0.25, -0.2) is 0 Å². The van der Waals surface area contributed by atoms with Crippen molar-refractivity contribution in [3.8, 4) is 22.4 Å². The van der Waals surface area contributed by atoms with Crippen molar-refractivity contribution in [3.05, 3.63) is 90.9 Å². The number of rotatable bonds is 7. The van der Waals surface area contributed by atoms with Crippen molar-refractivity contribution in [2.45, 2.75) is 6.54 Å². The SMILES string of the molecule is CNC(=O)CNc1cc(-c2ccccc2)cc(-c2ccn(Cc3cccnc3)n2)c1. The molecule has 150 valence electrons. The van der Waals surface area contributed by atoms with E-state index in [1.54, 1.807) is 13.2 Å². The Morgan fingerprint density at radius 2 is 1.80 bits per heavy atom. The minimum atomic E-state index is -0.0672. The normalized spacial score (nSPS) is 10.6. The Bertz CT molecular complexity index is 1120. The lowest BCUT2D eigenvalue weighted by molar-refractivity contribution is -0.118. The highest BCUT2D eigenvalue weighted by atomic mass is 16.1. The van der Waals surface area contributed by atoms with Crippen molar-refractivity contribution >= 4 is 11.6 Å². The van der Waals surface area contributed by atoms with Crippen LogP contribution in [0.2, 0.25) is 0 Å². The number of pyridine rings is 1. The van der Waals surface area contributed by atoms with Gasteiger partial charge in [0.05, 0.1) is 18.8 Å². The fourth-order valence-corrected chi connectivity index (χ4v) is 3.23. The van der Waals surface area contributed by atoms with Crippen molar-refractivity contribution in [1.29, 1.82) is 0 Å². The quantitative estimate of drug-likeness (QED) is 0.497. The van der Waals surface area contributed by atoms with Crippen LogP contribution in [0.1, 0.15) is 5.56 Å². The average molecular weight is 397 g/mol. The molecule has 30 heavy (non-hydrogen) atoms. The molecule has 0 spiro atoms. The highest BCUT2D eigenvalue weighted by molar-refractivity contribution is 5.82. The summed E-state index contributed by atoms with van der Waals surface area (Å²) in [6, 6.07) is 22.3. The van der Waals surface area contributed by atoms with Crippen LogP contribution in [-0.2, 0) is 11.3 Å². The molecule has 2 aromatic carbocycles.